The zero-order chi connectivity index (χ0) is 40.3. The first-order valence-corrected chi connectivity index (χ1v) is 21.8. The van der Waals surface area contributed by atoms with E-state index >= 15 is 0 Å². The van der Waals surface area contributed by atoms with Crippen LogP contribution < -0.4 is 4.90 Å². The van der Waals surface area contributed by atoms with E-state index in [-0.39, 0.29) is 0 Å². The summed E-state index contributed by atoms with van der Waals surface area (Å²) in [5, 5.41) is 5.08. The van der Waals surface area contributed by atoms with Crippen molar-refractivity contribution in [3.05, 3.63) is 259 Å². The number of benzene rings is 10. The molecule has 0 amide bonds. The maximum absolute atomic E-state index is 2.54. The largest absolute Gasteiger partial charge is 0.308 e. The minimum Gasteiger partial charge on any atom is -0.308 e. The van der Waals surface area contributed by atoms with E-state index in [1.165, 1.54) is 92.3 Å². The van der Waals surface area contributed by atoms with Crippen LogP contribution in [0.2, 0.25) is 0 Å². The Kier molecular flexibility index (Phi) is 8.33. The van der Waals surface area contributed by atoms with E-state index in [0.717, 1.165) is 11.4 Å². The number of fused-ring (bicyclic) bond motifs is 7. The molecule has 0 atom stereocenters. The summed E-state index contributed by atoms with van der Waals surface area (Å²) in [7, 11) is 0. The molecule has 0 saturated heterocycles. The highest BCUT2D eigenvalue weighted by Gasteiger charge is 2.47. The average molecular weight is 794 g/mol. The Morgan fingerprint density at radius 3 is 1.75 bits per heavy atom. The first kappa shape index (κ1) is 35.4. The number of thiophene rings is 1. The van der Waals surface area contributed by atoms with Gasteiger partial charge >= 0.3 is 0 Å². The summed E-state index contributed by atoms with van der Waals surface area (Å²) in [5.41, 5.74) is 15.4. The Labute approximate surface area is 360 Å². The highest BCUT2D eigenvalue weighted by Crippen LogP contribution is 2.60. The van der Waals surface area contributed by atoms with Crippen LogP contribution in [0.15, 0.2) is 237 Å². The molecule has 11 aromatic rings. The smallest absolute Gasteiger partial charge is 0.0714 e. The van der Waals surface area contributed by atoms with Crippen molar-refractivity contribution in [3.63, 3.8) is 0 Å². The predicted octanol–water partition coefficient (Wildman–Crippen LogP) is 16.4. The molecule has 1 aromatic heterocycles. The Morgan fingerprint density at radius 1 is 0.361 bits per heavy atom. The van der Waals surface area contributed by atoms with Crippen LogP contribution in [-0.4, -0.2) is 0 Å². The topological polar surface area (TPSA) is 3.24 Å². The van der Waals surface area contributed by atoms with Crippen molar-refractivity contribution in [3.8, 4) is 33.4 Å². The Bertz CT molecular complexity index is 3390. The lowest BCUT2D eigenvalue weighted by Crippen LogP contribution is -2.28. The van der Waals surface area contributed by atoms with E-state index in [0.29, 0.717) is 0 Å². The molecule has 0 fully saturated rings. The van der Waals surface area contributed by atoms with Gasteiger partial charge in [-0.3, -0.25) is 0 Å². The first-order chi connectivity index (χ1) is 30.3. The second-order valence-electron chi connectivity index (χ2n) is 16.0. The van der Waals surface area contributed by atoms with Gasteiger partial charge in [-0.05, 0) is 97.2 Å². The van der Waals surface area contributed by atoms with E-state index in [9.17, 15) is 0 Å². The quantitative estimate of drug-likeness (QED) is 0.155. The average Bonchev–Trinajstić information content (AvgIpc) is 3.87. The lowest BCUT2D eigenvalue weighted by molar-refractivity contribution is 0.768. The van der Waals surface area contributed by atoms with Crippen LogP contribution in [0, 0.1) is 0 Å². The minimum atomic E-state index is -0.510. The summed E-state index contributed by atoms with van der Waals surface area (Å²) in [6.07, 6.45) is 0. The number of rotatable bonds is 7. The Morgan fingerprint density at radius 2 is 0.918 bits per heavy atom. The molecule has 0 spiro atoms. The highest BCUT2D eigenvalue weighted by molar-refractivity contribution is 7.26. The van der Waals surface area contributed by atoms with Crippen LogP contribution in [-0.2, 0) is 5.41 Å². The second-order valence-corrected chi connectivity index (χ2v) is 17.0. The molecule has 0 N–H and O–H groups in total. The summed E-state index contributed by atoms with van der Waals surface area (Å²) >= 11 is 1.88. The number of hydrogen-bond acceptors (Lipinski definition) is 2. The molecule has 2 heteroatoms. The van der Waals surface area contributed by atoms with Crippen molar-refractivity contribution in [1.29, 1.82) is 0 Å². The molecular weight excluding hydrogens is 755 g/mol. The molecule has 12 rings (SSSR count). The fraction of sp³-hybridized carbons (Fsp3) is 0.0169. The van der Waals surface area contributed by atoms with Gasteiger partial charge in [0.15, 0.2) is 0 Å². The zero-order valence-electron chi connectivity index (χ0n) is 33.4. The predicted molar refractivity (Wildman–Crippen MR) is 260 cm³/mol. The van der Waals surface area contributed by atoms with Crippen molar-refractivity contribution < 1.29 is 0 Å². The van der Waals surface area contributed by atoms with E-state index < -0.39 is 5.41 Å². The summed E-state index contributed by atoms with van der Waals surface area (Å²) in [6, 6.07) is 87.3. The van der Waals surface area contributed by atoms with Gasteiger partial charge in [0.05, 0.1) is 21.5 Å². The fourth-order valence-corrected chi connectivity index (χ4v) is 11.4. The molecule has 1 heterocycles. The second kappa shape index (κ2) is 14.3. The van der Waals surface area contributed by atoms with E-state index in [4.69, 9.17) is 0 Å². The molecule has 1 nitrogen and oxygen atoms in total. The van der Waals surface area contributed by atoms with Crippen LogP contribution in [0.4, 0.5) is 17.1 Å². The summed E-state index contributed by atoms with van der Waals surface area (Å²) in [5.74, 6) is 0. The SMILES string of the molecule is c1ccc(C2(c3ccccc3)c3ccccc3-c3c(N(c4cccc(-c5cccc(-c6cccc7ccccc67)c5)c4)c4cccc5c4sc4ccccc45)cccc32)cc1. The molecule has 286 valence electrons. The van der Waals surface area contributed by atoms with Crippen molar-refractivity contribution in [2.45, 2.75) is 5.41 Å². The van der Waals surface area contributed by atoms with Crippen LogP contribution >= 0.6 is 11.3 Å². The van der Waals surface area contributed by atoms with Gasteiger partial charge in [-0.1, -0.05) is 200 Å². The number of hydrogen-bond donors (Lipinski definition) is 0. The van der Waals surface area contributed by atoms with E-state index in [1.807, 2.05) is 11.3 Å². The molecule has 0 aliphatic heterocycles. The van der Waals surface area contributed by atoms with Crippen molar-refractivity contribution in [2.24, 2.45) is 0 Å². The third-order valence-electron chi connectivity index (χ3n) is 12.7. The lowest BCUT2D eigenvalue weighted by Gasteiger charge is -2.34. The van der Waals surface area contributed by atoms with Gasteiger partial charge in [-0.15, -0.1) is 11.3 Å². The lowest BCUT2D eigenvalue weighted by atomic mass is 9.68. The molecule has 0 unspecified atom stereocenters. The summed E-state index contributed by atoms with van der Waals surface area (Å²) < 4.78 is 2.56. The maximum atomic E-state index is 2.54. The molecule has 0 bridgehead atoms. The minimum absolute atomic E-state index is 0.510. The number of anilines is 3. The van der Waals surface area contributed by atoms with Gasteiger partial charge in [0, 0.05) is 26.7 Å². The van der Waals surface area contributed by atoms with E-state index in [1.54, 1.807) is 0 Å². The van der Waals surface area contributed by atoms with Crippen molar-refractivity contribution in [1.82, 2.24) is 0 Å². The molecular formula is C59H39NS. The molecule has 1 aliphatic rings. The standard InChI is InChI=1S/C59H39NS/c1-3-23-44(24-4-1)59(45-25-5-2-6-26-45)52-33-11-9-30-51(52)57-53(59)34-17-35-54(57)60(55-36-16-32-50-49-29-10-12-37-56(49)61-58(50)55)46-27-14-21-42(39-46)41-20-13-22-43(38-41)48-31-15-19-40-18-7-8-28-47(40)48/h1-39H. The third kappa shape index (κ3) is 5.53. The van der Waals surface area contributed by atoms with Gasteiger partial charge in [0.2, 0.25) is 0 Å². The van der Waals surface area contributed by atoms with Gasteiger partial charge in [-0.2, -0.15) is 0 Å². The Hall–Kier alpha value is -7.52. The number of nitrogens with zero attached hydrogens (tertiary/aromatic N) is 1. The van der Waals surface area contributed by atoms with Crippen LogP contribution in [0.1, 0.15) is 22.3 Å². The third-order valence-corrected chi connectivity index (χ3v) is 13.9. The normalized spacial score (nSPS) is 12.7. The zero-order valence-corrected chi connectivity index (χ0v) is 34.2. The van der Waals surface area contributed by atoms with E-state index in [2.05, 4.69) is 241 Å². The molecule has 0 saturated carbocycles. The molecule has 0 radical (unpaired) electrons. The first-order valence-electron chi connectivity index (χ1n) is 21.0. The van der Waals surface area contributed by atoms with Crippen LogP contribution in [0.25, 0.3) is 64.3 Å². The van der Waals surface area contributed by atoms with Crippen LogP contribution in [0.5, 0.6) is 0 Å². The van der Waals surface area contributed by atoms with Crippen molar-refractivity contribution >= 4 is 59.3 Å². The van der Waals surface area contributed by atoms with Gasteiger partial charge in [0.25, 0.3) is 0 Å². The van der Waals surface area contributed by atoms with Gasteiger partial charge in [-0.25, -0.2) is 0 Å². The maximum Gasteiger partial charge on any atom is 0.0714 e. The molecule has 10 aromatic carbocycles. The monoisotopic (exact) mass is 793 g/mol. The van der Waals surface area contributed by atoms with Gasteiger partial charge in [0.1, 0.15) is 0 Å². The summed E-state index contributed by atoms with van der Waals surface area (Å²) in [4.78, 5) is 2.54. The van der Waals surface area contributed by atoms with Gasteiger partial charge < -0.3 is 4.90 Å². The van der Waals surface area contributed by atoms with Crippen LogP contribution in [0.3, 0.4) is 0 Å². The summed E-state index contributed by atoms with van der Waals surface area (Å²) in [6.45, 7) is 0. The fourth-order valence-electron chi connectivity index (χ4n) is 10.1. The molecule has 61 heavy (non-hydrogen) atoms. The molecule has 1 aliphatic carbocycles. The highest BCUT2D eigenvalue weighted by atomic mass is 32.1. The van der Waals surface area contributed by atoms with Crippen molar-refractivity contribution in [2.75, 3.05) is 4.90 Å². The Balaban J connectivity index is 1.12.